The highest BCUT2D eigenvalue weighted by Crippen LogP contribution is 2.77. The quantitative estimate of drug-likeness (QED) is 0.333. The molecule has 0 amide bonds. The molecule has 5 aliphatic rings. The Labute approximate surface area is 255 Å². The topological polar surface area (TPSA) is 26.3 Å². The zero-order valence-electron chi connectivity index (χ0n) is 27.2. The summed E-state index contributed by atoms with van der Waals surface area (Å²) in [4.78, 5) is 14.2. The monoisotopic (exact) mass is 578 g/mol. The van der Waals surface area contributed by atoms with Gasteiger partial charge in [-0.2, -0.15) is 0 Å². The number of benzene rings is 1. The van der Waals surface area contributed by atoms with E-state index in [0.29, 0.717) is 23.4 Å². The van der Waals surface area contributed by atoms with Gasteiger partial charge in [0, 0.05) is 5.03 Å². The molecule has 2 nitrogen and oxygen atoms in total. The van der Waals surface area contributed by atoms with Crippen molar-refractivity contribution in [1.29, 1.82) is 0 Å². The molecule has 1 aromatic carbocycles. The van der Waals surface area contributed by atoms with Crippen molar-refractivity contribution < 1.29 is 9.53 Å². The number of rotatable bonds is 3. The summed E-state index contributed by atoms with van der Waals surface area (Å²) in [5, 5.41) is 1.11. The SMILES string of the molecule is C[C@H]1CC[C@@]2(C)C(CC[C@]3(C)C2CC(Cl)=C2C4CC(C)(C)CC[C@]4(C(=O)OCc4ccccc4)CC[C@]23C)C1(C)C. The number of ether oxygens (including phenoxy) is 1. The maximum Gasteiger partial charge on any atom is 0.313 e. The molecule has 1 aromatic rings. The Balaban J connectivity index is 1.40. The lowest BCUT2D eigenvalue weighted by Gasteiger charge is -2.71. The molecular weight excluding hydrogens is 524 g/mol. The van der Waals surface area contributed by atoms with Gasteiger partial charge in [-0.3, -0.25) is 4.79 Å². The van der Waals surface area contributed by atoms with Gasteiger partial charge < -0.3 is 4.74 Å². The summed E-state index contributed by atoms with van der Waals surface area (Å²) >= 11 is 7.63. The maximum absolute atomic E-state index is 14.2. The maximum atomic E-state index is 14.2. The van der Waals surface area contributed by atoms with Crippen molar-refractivity contribution in [3.63, 3.8) is 0 Å². The van der Waals surface area contributed by atoms with Crippen molar-refractivity contribution in [2.75, 3.05) is 0 Å². The van der Waals surface area contributed by atoms with Gasteiger partial charge in [0.25, 0.3) is 0 Å². The third kappa shape index (κ3) is 4.18. The molecule has 226 valence electrons. The van der Waals surface area contributed by atoms with E-state index in [1.807, 2.05) is 18.2 Å². The summed E-state index contributed by atoms with van der Waals surface area (Å²) in [7, 11) is 0. The third-order valence-electron chi connectivity index (χ3n) is 14.8. The second kappa shape index (κ2) is 9.61. The van der Waals surface area contributed by atoms with Gasteiger partial charge in [0.1, 0.15) is 6.61 Å². The molecule has 5 aliphatic carbocycles. The number of carbonyl (C=O) groups excluding carboxylic acids is 1. The van der Waals surface area contributed by atoms with Crippen molar-refractivity contribution in [2.45, 2.75) is 126 Å². The minimum absolute atomic E-state index is 0.0202. The molecule has 4 fully saturated rings. The fourth-order valence-electron chi connectivity index (χ4n) is 11.7. The van der Waals surface area contributed by atoms with Crippen LogP contribution in [0, 0.1) is 56.2 Å². The Kier molecular flexibility index (Phi) is 6.98. The summed E-state index contributed by atoms with van der Waals surface area (Å²) in [6, 6.07) is 10.2. The minimum atomic E-state index is -0.453. The first-order chi connectivity index (χ1) is 19.1. The zero-order valence-corrected chi connectivity index (χ0v) is 27.9. The molecule has 3 heteroatoms. The molecule has 0 aromatic heterocycles. The second-order valence-corrected chi connectivity index (χ2v) is 17.8. The number of allylic oxidation sites excluding steroid dienone is 2. The predicted molar refractivity (Wildman–Crippen MR) is 169 cm³/mol. The summed E-state index contributed by atoms with van der Waals surface area (Å²) in [5.41, 5.74) is 3.16. The lowest BCUT2D eigenvalue weighted by Crippen LogP contribution is -2.65. The fraction of sp³-hybridized carbons (Fsp3) is 0.763. The average Bonchev–Trinajstić information content (AvgIpc) is 2.91. The number of fused-ring (bicyclic) bond motifs is 7. The highest BCUT2D eigenvalue weighted by atomic mass is 35.5. The minimum Gasteiger partial charge on any atom is -0.460 e. The van der Waals surface area contributed by atoms with Crippen molar-refractivity contribution in [3.8, 4) is 0 Å². The average molecular weight is 579 g/mol. The van der Waals surface area contributed by atoms with E-state index >= 15 is 0 Å². The molecule has 0 aliphatic heterocycles. The van der Waals surface area contributed by atoms with Gasteiger partial charge in [-0.1, -0.05) is 97.3 Å². The first-order valence-electron chi connectivity index (χ1n) is 16.7. The van der Waals surface area contributed by atoms with Gasteiger partial charge in [-0.05, 0) is 126 Å². The van der Waals surface area contributed by atoms with Gasteiger partial charge >= 0.3 is 5.97 Å². The van der Waals surface area contributed by atoms with Crippen LogP contribution in [0.1, 0.15) is 125 Å². The number of hydrogen-bond donors (Lipinski definition) is 0. The fourth-order valence-corrected chi connectivity index (χ4v) is 12.2. The van der Waals surface area contributed by atoms with Crippen LogP contribution in [-0.2, 0) is 16.1 Å². The van der Waals surface area contributed by atoms with E-state index in [0.717, 1.165) is 61.0 Å². The van der Waals surface area contributed by atoms with Gasteiger partial charge in [0.2, 0.25) is 0 Å². The normalized spacial score (nSPS) is 44.6. The van der Waals surface area contributed by atoms with Crippen LogP contribution < -0.4 is 0 Å². The van der Waals surface area contributed by atoms with Crippen LogP contribution in [0.4, 0.5) is 0 Å². The van der Waals surface area contributed by atoms with E-state index in [1.54, 1.807) is 0 Å². The molecule has 41 heavy (non-hydrogen) atoms. The Hall–Kier alpha value is -1.28. The highest BCUT2D eigenvalue weighted by molar-refractivity contribution is 6.30. The van der Waals surface area contributed by atoms with E-state index in [4.69, 9.17) is 16.3 Å². The van der Waals surface area contributed by atoms with Crippen LogP contribution >= 0.6 is 11.6 Å². The first kappa shape index (κ1) is 29.8. The van der Waals surface area contributed by atoms with Crippen LogP contribution in [0.15, 0.2) is 40.9 Å². The smallest absolute Gasteiger partial charge is 0.313 e. The summed E-state index contributed by atoms with van der Waals surface area (Å²) in [6.07, 6.45) is 11.2. The molecular formula is C38H55ClO2. The number of esters is 1. The molecule has 3 unspecified atom stereocenters. The molecule has 0 bridgehead atoms. The Morgan fingerprint density at radius 1 is 0.878 bits per heavy atom. The van der Waals surface area contributed by atoms with Gasteiger partial charge in [-0.15, -0.1) is 0 Å². The number of carbonyl (C=O) groups is 1. The van der Waals surface area contributed by atoms with Crippen LogP contribution in [0.25, 0.3) is 0 Å². The molecule has 0 N–H and O–H groups in total. The largest absolute Gasteiger partial charge is 0.460 e. The van der Waals surface area contributed by atoms with Crippen LogP contribution in [0.5, 0.6) is 0 Å². The lowest BCUT2D eigenvalue weighted by atomic mass is 9.33. The molecule has 0 spiro atoms. The summed E-state index contributed by atoms with van der Waals surface area (Å²) < 4.78 is 6.19. The van der Waals surface area contributed by atoms with E-state index < -0.39 is 5.41 Å². The van der Waals surface area contributed by atoms with Crippen molar-refractivity contribution in [2.24, 2.45) is 56.2 Å². The molecule has 0 heterocycles. The molecule has 6 rings (SSSR count). The Morgan fingerprint density at radius 2 is 1.56 bits per heavy atom. The standard InChI is InChI=1S/C38H55ClO2/c1-25-14-16-35(6)29(34(25,4)5)15-17-36(7)30(35)22-28(39)31-27-23-33(2,3)18-20-38(27,21-19-37(31,36)8)32(40)41-24-26-12-10-9-11-13-26/h9-13,25,27,29-30H,14-24H2,1-8H3/t25-,27?,29?,30?,35-,36+,37+,38-/m0/s1. The third-order valence-corrected chi connectivity index (χ3v) is 15.2. The van der Waals surface area contributed by atoms with Crippen molar-refractivity contribution in [1.82, 2.24) is 0 Å². The van der Waals surface area contributed by atoms with Crippen LogP contribution in [0.3, 0.4) is 0 Å². The molecule has 8 atom stereocenters. The molecule has 0 radical (unpaired) electrons. The summed E-state index contributed by atoms with van der Waals surface area (Å²) in [5.74, 6) is 2.30. The Bertz CT molecular complexity index is 1230. The van der Waals surface area contributed by atoms with Gasteiger partial charge in [0.05, 0.1) is 5.41 Å². The van der Waals surface area contributed by atoms with Crippen LogP contribution in [0.2, 0.25) is 0 Å². The second-order valence-electron chi connectivity index (χ2n) is 17.3. The molecule has 4 saturated carbocycles. The van der Waals surface area contributed by atoms with E-state index in [9.17, 15) is 4.79 Å². The Morgan fingerprint density at radius 3 is 2.27 bits per heavy atom. The summed E-state index contributed by atoms with van der Waals surface area (Å²) in [6.45, 7) is 20.6. The van der Waals surface area contributed by atoms with E-state index in [2.05, 4.69) is 67.5 Å². The van der Waals surface area contributed by atoms with Crippen molar-refractivity contribution >= 4 is 17.6 Å². The number of hydrogen-bond acceptors (Lipinski definition) is 2. The van der Waals surface area contributed by atoms with Gasteiger partial charge in [0.15, 0.2) is 0 Å². The zero-order chi connectivity index (χ0) is 29.6. The highest BCUT2D eigenvalue weighted by Gasteiger charge is 2.70. The number of halogens is 1. The van der Waals surface area contributed by atoms with E-state index in [1.165, 1.54) is 31.3 Å². The van der Waals surface area contributed by atoms with Crippen LogP contribution in [-0.4, -0.2) is 5.97 Å². The molecule has 0 saturated heterocycles. The lowest BCUT2D eigenvalue weighted by molar-refractivity contribution is -0.197. The predicted octanol–water partition coefficient (Wildman–Crippen LogP) is 10.7. The van der Waals surface area contributed by atoms with Gasteiger partial charge in [-0.25, -0.2) is 0 Å². The van der Waals surface area contributed by atoms with E-state index in [-0.39, 0.29) is 28.1 Å². The van der Waals surface area contributed by atoms with Crippen molar-refractivity contribution in [3.05, 3.63) is 46.5 Å². The first-order valence-corrected chi connectivity index (χ1v) is 17.1.